The van der Waals surface area contributed by atoms with Crippen LogP contribution in [-0.2, 0) is 15.0 Å². The molecule has 1 aromatic carbocycles. The third-order valence-electron chi connectivity index (χ3n) is 5.56. The monoisotopic (exact) mass is 439 g/mol. The van der Waals surface area contributed by atoms with Crippen LogP contribution in [0.3, 0.4) is 0 Å². The molecule has 2 aliphatic heterocycles. The van der Waals surface area contributed by atoms with Crippen molar-refractivity contribution in [2.24, 2.45) is 0 Å². The van der Waals surface area contributed by atoms with E-state index in [2.05, 4.69) is 5.32 Å². The fraction of sp³-hybridized carbons (Fsp3) is 0.632. The number of nitrogens with zero attached hydrogens (tertiary/aromatic N) is 4. The van der Waals surface area contributed by atoms with Crippen LogP contribution in [0.4, 0.5) is 11.4 Å². The van der Waals surface area contributed by atoms with Crippen LogP contribution in [0.5, 0.6) is 0 Å². The van der Waals surface area contributed by atoms with E-state index in [0.717, 1.165) is 25.7 Å². The molecule has 0 saturated carbocycles. The van der Waals surface area contributed by atoms with Crippen LogP contribution in [-0.4, -0.2) is 78.6 Å². The molecular weight excluding hydrogens is 410 g/mol. The largest absolute Gasteiger partial charge is 0.379 e. The Labute approximate surface area is 177 Å². The summed E-state index contributed by atoms with van der Waals surface area (Å²) in [6, 6.07) is 6.30. The van der Waals surface area contributed by atoms with E-state index in [-0.39, 0.29) is 24.6 Å². The predicted octanol–water partition coefficient (Wildman–Crippen LogP) is 1.66. The molecular formula is C19H29N5O5S. The molecule has 0 radical (unpaired) electrons. The third-order valence-corrected chi connectivity index (χ3v) is 7.60. The quantitative estimate of drug-likeness (QED) is 0.510. The number of benzene rings is 1. The van der Waals surface area contributed by atoms with E-state index in [1.807, 2.05) is 0 Å². The van der Waals surface area contributed by atoms with Crippen LogP contribution in [0.15, 0.2) is 24.3 Å². The van der Waals surface area contributed by atoms with Gasteiger partial charge in [-0.25, -0.2) is 0 Å². The Kier molecular flexibility index (Phi) is 7.62. The van der Waals surface area contributed by atoms with Crippen molar-refractivity contribution < 1.29 is 18.1 Å². The average molecular weight is 440 g/mol. The fourth-order valence-electron chi connectivity index (χ4n) is 3.85. The number of carbonyl (C=O) groups is 1. The first-order valence-electron chi connectivity index (χ1n) is 10.4. The van der Waals surface area contributed by atoms with Gasteiger partial charge in [0, 0.05) is 58.3 Å². The van der Waals surface area contributed by atoms with Crippen molar-refractivity contribution in [1.82, 2.24) is 13.5 Å². The number of amides is 1. The van der Waals surface area contributed by atoms with Gasteiger partial charge in [0.2, 0.25) is 5.91 Å². The van der Waals surface area contributed by atoms with Gasteiger partial charge in [0.05, 0.1) is 4.92 Å². The predicted molar refractivity (Wildman–Crippen MR) is 113 cm³/mol. The molecule has 0 aliphatic carbocycles. The number of carbonyl (C=O) groups excluding carboxylic acids is 1. The molecule has 0 atom stereocenters. The summed E-state index contributed by atoms with van der Waals surface area (Å²) >= 11 is 0. The molecule has 0 spiro atoms. The van der Waals surface area contributed by atoms with Crippen LogP contribution >= 0.6 is 0 Å². The lowest BCUT2D eigenvalue weighted by molar-refractivity contribution is -0.384. The Balaban J connectivity index is 1.47. The summed E-state index contributed by atoms with van der Waals surface area (Å²) in [7, 11) is -3.47. The zero-order valence-corrected chi connectivity index (χ0v) is 17.8. The van der Waals surface area contributed by atoms with Crippen molar-refractivity contribution in [3.05, 3.63) is 34.4 Å². The van der Waals surface area contributed by atoms with Crippen molar-refractivity contribution >= 4 is 27.5 Å². The number of hydrogen-bond acceptors (Lipinski definition) is 6. The zero-order valence-electron chi connectivity index (χ0n) is 17.0. The minimum absolute atomic E-state index is 0.0303. The zero-order chi connectivity index (χ0) is 21.6. The Morgan fingerprint density at radius 1 is 0.967 bits per heavy atom. The molecule has 2 saturated heterocycles. The first-order valence-corrected chi connectivity index (χ1v) is 11.8. The number of nitro benzene ring substituents is 1. The summed E-state index contributed by atoms with van der Waals surface area (Å²) in [5, 5.41) is 14.0. The van der Waals surface area contributed by atoms with Gasteiger partial charge < -0.3 is 10.2 Å². The Hall–Kier alpha value is -2.24. The summed E-state index contributed by atoms with van der Waals surface area (Å²) in [6.07, 6.45) is 4.10. The van der Waals surface area contributed by atoms with E-state index < -0.39 is 15.1 Å². The summed E-state index contributed by atoms with van der Waals surface area (Å²) < 4.78 is 28.8. The molecule has 1 N–H and O–H groups in total. The molecule has 0 aromatic heterocycles. The second-order valence-electron chi connectivity index (χ2n) is 7.55. The van der Waals surface area contributed by atoms with Gasteiger partial charge in [0.1, 0.15) is 5.69 Å². The standard InChI is InChI=1S/C19H29N5O5S/c25-19(9-10-20-17-7-3-4-8-18(17)24(26)27)21-13-15-23(16-14-21)30(28,29)22-11-5-1-2-6-12-22/h3-4,7-8,20H,1-2,5-6,9-16H2. The van der Waals surface area contributed by atoms with Crippen LogP contribution in [0.25, 0.3) is 0 Å². The summed E-state index contributed by atoms with van der Waals surface area (Å²) in [5.41, 5.74) is 0.348. The van der Waals surface area contributed by atoms with Gasteiger partial charge in [-0.2, -0.15) is 17.0 Å². The first-order chi connectivity index (χ1) is 14.4. The topological polar surface area (TPSA) is 116 Å². The molecule has 0 bridgehead atoms. The SMILES string of the molecule is O=C(CCNc1ccccc1[N+](=O)[O-])N1CCN(S(=O)(=O)N2CCCCCC2)CC1. The maximum absolute atomic E-state index is 12.9. The second kappa shape index (κ2) is 10.2. The van der Waals surface area contributed by atoms with Crippen molar-refractivity contribution in [1.29, 1.82) is 0 Å². The molecule has 1 amide bonds. The lowest BCUT2D eigenvalue weighted by Crippen LogP contribution is -2.54. The number of hydrogen-bond donors (Lipinski definition) is 1. The lowest BCUT2D eigenvalue weighted by atomic mass is 10.2. The smallest absolute Gasteiger partial charge is 0.292 e. The van der Waals surface area contributed by atoms with E-state index in [0.29, 0.717) is 45.0 Å². The van der Waals surface area contributed by atoms with Gasteiger partial charge in [-0.1, -0.05) is 25.0 Å². The first kappa shape index (κ1) is 22.4. The van der Waals surface area contributed by atoms with Gasteiger partial charge in [-0.05, 0) is 18.9 Å². The molecule has 2 heterocycles. The number of anilines is 1. The summed E-state index contributed by atoms with van der Waals surface area (Å²) in [6.45, 7) is 2.71. The molecule has 166 valence electrons. The Bertz CT molecular complexity index is 847. The normalized spacial score (nSPS) is 19.3. The Morgan fingerprint density at radius 2 is 1.57 bits per heavy atom. The molecule has 1 aromatic rings. The molecule has 3 rings (SSSR count). The second-order valence-corrected chi connectivity index (χ2v) is 9.48. The highest BCUT2D eigenvalue weighted by Crippen LogP contribution is 2.23. The third kappa shape index (κ3) is 5.46. The maximum atomic E-state index is 12.9. The number of rotatable bonds is 7. The lowest BCUT2D eigenvalue weighted by Gasteiger charge is -2.36. The summed E-state index contributed by atoms with van der Waals surface area (Å²) in [5.74, 6) is -0.0899. The maximum Gasteiger partial charge on any atom is 0.292 e. The van der Waals surface area contributed by atoms with E-state index in [4.69, 9.17) is 0 Å². The van der Waals surface area contributed by atoms with Crippen LogP contribution in [0.1, 0.15) is 32.1 Å². The number of nitro groups is 1. The van der Waals surface area contributed by atoms with E-state index in [1.54, 1.807) is 27.4 Å². The van der Waals surface area contributed by atoms with E-state index in [9.17, 15) is 23.3 Å². The highest BCUT2D eigenvalue weighted by molar-refractivity contribution is 7.86. The average Bonchev–Trinajstić information content (AvgIpc) is 3.04. The van der Waals surface area contributed by atoms with Gasteiger partial charge in [0.15, 0.2) is 0 Å². The van der Waals surface area contributed by atoms with Crippen LogP contribution in [0, 0.1) is 10.1 Å². The van der Waals surface area contributed by atoms with E-state index >= 15 is 0 Å². The molecule has 2 aliphatic rings. The number of nitrogens with one attached hydrogen (secondary N) is 1. The van der Waals surface area contributed by atoms with Crippen molar-refractivity contribution in [2.75, 3.05) is 51.1 Å². The number of para-hydroxylation sites is 2. The Morgan fingerprint density at radius 3 is 2.20 bits per heavy atom. The highest BCUT2D eigenvalue weighted by Gasteiger charge is 2.33. The van der Waals surface area contributed by atoms with Crippen molar-refractivity contribution in [2.45, 2.75) is 32.1 Å². The number of piperazine rings is 1. The summed E-state index contributed by atoms with van der Waals surface area (Å²) in [4.78, 5) is 24.7. The van der Waals surface area contributed by atoms with Gasteiger partial charge >= 0.3 is 0 Å². The molecule has 2 fully saturated rings. The molecule has 0 unspecified atom stereocenters. The minimum atomic E-state index is -3.47. The van der Waals surface area contributed by atoms with Gasteiger partial charge in [-0.3, -0.25) is 14.9 Å². The van der Waals surface area contributed by atoms with Gasteiger partial charge in [-0.15, -0.1) is 0 Å². The van der Waals surface area contributed by atoms with E-state index in [1.165, 1.54) is 10.4 Å². The minimum Gasteiger partial charge on any atom is -0.379 e. The highest BCUT2D eigenvalue weighted by atomic mass is 32.2. The fourth-order valence-corrected chi connectivity index (χ4v) is 5.52. The van der Waals surface area contributed by atoms with Crippen LogP contribution in [0.2, 0.25) is 0 Å². The molecule has 11 heteroatoms. The molecule has 30 heavy (non-hydrogen) atoms. The van der Waals surface area contributed by atoms with Gasteiger partial charge in [0.25, 0.3) is 15.9 Å². The van der Waals surface area contributed by atoms with Crippen molar-refractivity contribution in [3.63, 3.8) is 0 Å². The van der Waals surface area contributed by atoms with Crippen molar-refractivity contribution in [3.8, 4) is 0 Å². The van der Waals surface area contributed by atoms with Crippen LogP contribution < -0.4 is 5.32 Å². The molecule has 10 nitrogen and oxygen atoms in total.